The number of ether oxygens (including phenoxy) is 1. The highest BCUT2D eigenvalue weighted by molar-refractivity contribution is 6.31. The Labute approximate surface area is 210 Å². The first-order valence-electron chi connectivity index (χ1n) is 11.7. The van der Waals surface area contributed by atoms with Gasteiger partial charge in [-0.1, -0.05) is 23.7 Å². The van der Waals surface area contributed by atoms with Crippen LogP contribution in [0.25, 0.3) is 17.1 Å². The number of methoxy groups -OCH3 is 1. The summed E-state index contributed by atoms with van der Waals surface area (Å²) >= 11 is 6.67. The second kappa shape index (κ2) is 8.86. The van der Waals surface area contributed by atoms with Gasteiger partial charge in [0, 0.05) is 29.9 Å². The molecule has 0 spiro atoms. The van der Waals surface area contributed by atoms with Gasteiger partial charge in [-0.25, -0.2) is 15.0 Å². The number of nitrogens with zero attached hydrogens (tertiary/aromatic N) is 6. The average Bonchev–Trinajstić information content (AvgIpc) is 3.50. The van der Waals surface area contributed by atoms with E-state index in [1.807, 2.05) is 55.8 Å². The van der Waals surface area contributed by atoms with Gasteiger partial charge in [0.15, 0.2) is 0 Å². The van der Waals surface area contributed by atoms with Crippen LogP contribution in [0.5, 0.6) is 5.88 Å². The maximum atomic E-state index is 9.62. The monoisotopic (exact) mass is 486 g/mol. The van der Waals surface area contributed by atoms with Gasteiger partial charge in [-0.2, -0.15) is 5.26 Å². The van der Waals surface area contributed by atoms with Crippen LogP contribution in [0.1, 0.15) is 55.3 Å². The van der Waals surface area contributed by atoms with E-state index in [1.54, 1.807) is 13.4 Å². The third kappa shape index (κ3) is 4.19. The zero-order valence-electron chi connectivity index (χ0n) is 20.3. The maximum Gasteiger partial charge on any atom is 0.238 e. The molecule has 3 aromatic heterocycles. The smallest absolute Gasteiger partial charge is 0.238 e. The predicted octanol–water partition coefficient (Wildman–Crippen LogP) is 5.83. The van der Waals surface area contributed by atoms with E-state index in [1.165, 1.54) is 0 Å². The van der Waals surface area contributed by atoms with Crippen molar-refractivity contribution < 1.29 is 4.74 Å². The number of rotatable bonds is 5. The largest absolute Gasteiger partial charge is 0.479 e. The van der Waals surface area contributed by atoms with Crippen molar-refractivity contribution in [3.63, 3.8) is 0 Å². The lowest BCUT2D eigenvalue weighted by Crippen LogP contribution is -2.19. The molecule has 0 fully saturated rings. The highest BCUT2D eigenvalue weighted by Gasteiger charge is 2.29. The zero-order chi connectivity index (χ0) is 24.7. The highest BCUT2D eigenvalue weighted by atomic mass is 35.5. The third-order valence-electron chi connectivity index (χ3n) is 6.67. The Hall–Kier alpha value is -3.63. The summed E-state index contributed by atoms with van der Waals surface area (Å²) in [4.78, 5) is 14.1. The average molecular weight is 487 g/mol. The molecule has 0 bridgehead atoms. The van der Waals surface area contributed by atoms with Crippen molar-refractivity contribution >= 4 is 11.6 Å². The number of halogens is 1. The quantitative estimate of drug-likeness (QED) is 0.354. The van der Waals surface area contributed by atoms with Gasteiger partial charge in [0.05, 0.1) is 36.3 Å². The van der Waals surface area contributed by atoms with Gasteiger partial charge in [0.2, 0.25) is 5.88 Å². The number of hydrogen-bond acceptors (Lipinski definition) is 5. The van der Waals surface area contributed by atoms with Crippen LogP contribution < -0.4 is 4.74 Å². The van der Waals surface area contributed by atoms with Crippen molar-refractivity contribution in [2.75, 3.05) is 7.11 Å². The van der Waals surface area contributed by atoms with Gasteiger partial charge in [-0.15, -0.1) is 0 Å². The summed E-state index contributed by atoms with van der Waals surface area (Å²) in [5, 5.41) is 10.3. The van der Waals surface area contributed by atoms with Crippen LogP contribution in [-0.2, 0) is 12.0 Å². The first-order valence-corrected chi connectivity index (χ1v) is 12.0. The van der Waals surface area contributed by atoms with Crippen molar-refractivity contribution in [3.8, 4) is 29.0 Å². The Balaban J connectivity index is 1.54. The number of fused-ring (bicyclic) bond motifs is 1. The molecule has 8 heteroatoms. The molecule has 178 valence electrons. The summed E-state index contributed by atoms with van der Waals surface area (Å²) in [6.07, 6.45) is 7.71. The van der Waals surface area contributed by atoms with E-state index in [4.69, 9.17) is 26.3 Å². The number of aromatic nitrogens is 5. The van der Waals surface area contributed by atoms with E-state index in [9.17, 15) is 5.26 Å². The van der Waals surface area contributed by atoms with Gasteiger partial charge in [-0.3, -0.25) is 0 Å². The molecule has 4 aromatic rings. The normalized spacial score (nSPS) is 15.5. The molecule has 0 N–H and O–H groups in total. The minimum Gasteiger partial charge on any atom is -0.479 e. The van der Waals surface area contributed by atoms with Crippen LogP contribution in [0.4, 0.5) is 0 Å². The van der Waals surface area contributed by atoms with Crippen LogP contribution >= 0.6 is 11.6 Å². The fraction of sp³-hybridized carbons (Fsp3) is 0.333. The highest BCUT2D eigenvalue weighted by Crippen LogP contribution is 2.39. The second-order valence-electron chi connectivity index (χ2n) is 9.49. The minimum absolute atomic E-state index is 0.0505. The molecular weight excluding hydrogens is 460 g/mol. The molecule has 0 saturated heterocycles. The molecule has 0 aliphatic carbocycles. The fourth-order valence-corrected chi connectivity index (χ4v) is 4.89. The topological polar surface area (TPSA) is 81.5 Å². The third-order valence-corrected chi connectivity index (χ3v) is 7.01. The first kappa shape index (κ1) is 23.1. The second-order valence-corrected chi connectivity index (χ2v) is 9.90. The Bertz CT molecular complexity index is 1440. The fourth-order valence-electron chi connectivity index (χ4n) is 4.64. The van der Waals surface area contributed by atoms with Gasteiger partial charge in [-0.05, 0) is 62.9 Å². The molecule has 35 heavy (non-hydrogen) atoms. The molecule has 7 nitrogen and oxygen atoms in total. The number of aryl methyl sites for hydroxylation is 2. The van der Waals surface area contributed by atoms with E-state index >= 15 is 0 Å². The first-order chi connectivity index (χ1) is 16.8. The standard InChI is InChI=1S/C27H27ClN6O/c1-17-13-34(16-30-17)24-10-9-22(32-26(24)35-4)23-14-33-11-5-6-19(25(33)31-23)20-12-18(7-8-21(20)28)27(2,3)15-29/h7-10,12-14,16,19H,5-6,11H2,1-4H3/t19-/m0/s1. The zero-order valence-corrected chi connectivity index (χ0v) is 21.0. The van der Waals surface area contributed by atoms with E-state index in [-0.39, 0.29) is 5.92 Å². The number of imidazole rings is 2. The van der Waals surface area contributed by atoms with Crippen molar-refractivity contribution in [2.24, 2.45) is 0 Å². The van der Waals surface area contributed by atoms with Crippen LogP contribution in [0, 0.1) is 18.3 Å². The van der Waals surface area contributed by atoms with E-state index in [0.29, 0.717) is 10.9 Å². The van der Waals surface area contributed by atoms with Crippen molar-refractivity contribution in [2.45, 2.75) is 51.5 Å². The number of nitriles is 1. The molecule has 0 radical (unpaired) electrons. The van der Waals surface area contributed by atoms with Crippen LogP contribution in [0.15, 0.2) is 49.1 Å². The van der Waals surface area contributed by atoms with Crippen molar-refractivity contribution in [3.05, 3.63) is 76.7 Å². The van der Waals surface area contributed by atoms with Gasteiger partial charge in [0.1, 0.15) is 17.2 Å². The minimum atomic E-state index is -0.593. The molecule has 4 heterocycles. The SMILES string of the molecule is COc1nc(-c2cn3c(n2)[C@H](c2cc(C(C)(C)C#N)ccc2Cl)CCC3)ccc1-n1cnc(C)c1. The van der Waals surface area contributed by atoms with E-state index in [2.05, 4.69) is 27.9 Å². The Morgan fingerprint density at radius 1 is 1.14 bits per heavy atom. The molecule has 1 aromatic carbocycles. The summed E-state index contributed by atoms with van der Waals surface area (Å²) in [7, 11) is 1.62. The molecule has 1 aliphatic rings. The Kier molecular flexibility index (Phi) is 5.86. The van der Waals surface area contributed by atoms with Crippen molar-refractivity contribution in [1.82, 2.24) is 24.1 Å². The lowest BCUT2D eigenvalue weighted by molar-refractivity contribution is 0.396. The molecule has 0 amide bonds. The molecule has 1 atom stereocenters. The van der Waals surface area contributed by atoms with Crippen LogP contribution in [-0.4, -0.2) is 31.2 Å². The summed E-state index contributed by atoms with van der Waals surface area (Å²) in [5.41, 5.74) is 4.66. The summed E-state index contributed by atoms with van der Waals surface area (Å²) in [5.74, 6) is 1.53. The van der Waals surface area contributed by atoms with Gasteiger partial charge in [0.25, 0.3) is 0 Å². The van der Waals surface area contributed by atoms with Crippen LogP contribution in [0.3, 0.4) is 0 Å². The lowest BCUT2D eigenvalue weighted by atomic mass is 9.82. The Morgan fingerprint density at radius 3 is 2.69 bits per heavy atom. The molecule has 5 rings (SSSR count). The summed E-state index contributed by atoms with van der Waals surface area (Å²) in [6.45, 7) is 6.69. The molecule has 0 saturated carbocycles. The molecular formula is C27H27ClN6O. The predicted molar refractivity (Wildman–Crippen MR) is 135 cm³/mol. The van der Waals surface area contributed by atoms with E-state index < -0.39 is 5.41 Å². The number of pyridine rings is 1. The molecule has 0 unspecified atom stereocenters. The maximum absolute atomic E-state index is 9.62. The van der Waals surface area contributed by atoms with Crippen LogP contribution in [0.2, 0.25) is 5.02 Å². The number of hydrogen-bond donors (Lipinski definition) is 0. The van der Waals surface area contributed by atoms with E-state index in [0.717, 1.165) is 59.1 Å². The summed E-state index contributed by atoms with van der Waals surface area (Å²) in [6, 6.07) is 12.2. The Morgan fingerprint density at radius 2 is 1.97 bits per heavy atom. The summed E-state index contributed by atoms with van der Waals surface area (Å²) < 4.78 is 9.69. The van der Waals surface area contributed by atoms with Gasteiger partial charge < -0.3 is 13.9 Å². The molecule has 1 aliphatic heterocycles. The lowest BCUT2D eigenvalue weighted by Gasteiger charge is -2.26. The number of benzene rings is 1. The van der Waals surface area contributed by atoms with Crippen molar-refractivity contribution in [1.29, 1.82) is 5.26 Å². The van der Waals surface area contributed by atoms with Gasteiger partial charge >= 0.3 is 0 Å².